The van der Waals surface area contributed by atoms with Crippen LogP contribution in [0.5, 0.6) is 0 Å². The smallest absolute Gasteiger partial charge is 0.267 e. The number of anilines is 1. The number of rotatable bonds is 4. The molecule has 0 saturated carbocycles. The van der Waals surface area contributed by atoms with E-state index in [-0.39, 0.29) is 11.7 Å². The lowest BCUT2D eigenvalue weighted by Gasteiger charge is -2.14. The summed E-state index contributed by atoms with van der Waals surface area (Å²) < 4.78 is 14.3. The first-order valence-electron chi connectivity index (χ1n) is 10.1. The topological polar surface area (TPSA) is 45.6 Å². The molecule has 0 spiro atoms. The van der Waals surface area contributed by atoms with Gasteiger partial charge in [0, 0.05) is 5.56 Å². The van der Waals surface area contributed by atoms with Crippen molar-refractivity contribution < 1.29 is 9.18 Å². The zero-order chi connectivity index (χ0) is 22.1. The minimum Gasteiger partial charge on any atom is -0.267 e. The normalized spacial score (nSPS) is 11.4. The maximum atomic E-state index is 13.7. The van der Waals surface area contributed by atoms with Crippen LogP contribution < -0.4 is 5.01 Å². The first kappa shape index (κ1) is 20.0. The predicted octanol–water partition coefficient (Wildman–Crippen LogP) is 6.58. The second-order valence-electron chi connectivity index (χ2n) is 7.44. The van der Waals surface area contributed by atoms with Crippen LogP contribution in [0.2, 0.25) is 0 Å². The van der Waals surface area contributed by atoms with Gasteiger partial charge in [-0.05, 0) is 53.6 Å². The Morgan fingerprint density at radius 1 is 0.969 bits per heavy atom. The van der Waals surface area contributed by atoms with E-state index in [4.69, 9.17) is 0 Å². The summed E-state index contributed by atoms with van der Waals surface area (Å²) in [5, 5.41) is 8.16. The third kappa shape index (κ3) is 4.00. The number of nitrogens with zero attached hydrogens (tertiary/aromatic N) is 3. The van der Waals surface area contributed by atoms with Crippen LogP contribution >= 0.6 is 11.3 Å². The summed E-state index contributed by atoms with van der Waals surface area (Å²) in [5.74, 6) is -0.651. The molecule has 1 aromatic heterocycles. The van der Waals surface area contributed by atoms with Crippen molar-refractivity contribution >= 4 is 49.6 Å². The first-order chi connectivity index (χ1) is 15.6. The van der Waals surface area contributed by atoms with Gasteiger partial charge in [-0.15, -0.1) is 0 Å². The van der Waals surface area contributed by atoms with Crippen molar-refractivity contribution in [1.82, 2.24) is 4.98 Å². The van der Waals surface area contributed by atoms with Crippen molar-refractivity contribution in [3.8, 4) is 0 Å². The molecular formula is C26H18FN3OS. The van der Waals surface area contributed by atoms with Crippen molar-refractivity contribution in [3.05, 3.63) is 107 Å². The van der Waals surface area contributed by atoms with Gasteiger partial charge in [-0.3, -0.25) is 4.79 Å². The second kappa shape index (κ2) is 8.32. The van der Waals surface area contributed by atoms with E-state index in [1.165, 1.54) is 28.5 Å². The quantitative estimate of drug-likeness (QED) is 0.235. The van der Waals surface area contributed by atoms with Crippen LogP contribution in [0.25, 0.3) is 21.0 Å². The molecule has 6 heteroatoms. The molecular weight excluding hydrogens is 421 g/mol. The molecule has 0 saturated heterocycles. The number of hydrazone groups is 1. The van der Waals surface area contributed by atoms with Crippen molar-refractivity contribution in [3.63, 3.8) is 0 Å². The fourth-order valence-electron chi connectivity index (χ4n) is 3.39. The minimum absolute atomic E-state index is 0.307. The van der Waals surface area contributed by atoms with Crippen molar-refractivity contribution in [1.29, 1.82) is 0 Å². The summed E-state index contributed by atoms with van der Waals surface area (Å²) in [4.78, 5) is 18.0. The zero-order valence-electron chi connectivity index (χ0n) is 17.2. The lowest BCUT2D eigenvalue weighted by Crippen LogP contribution is -2.25. The molecule has 0 radical (unpaired) electrons. The third-order valence-electron chi connectivity index (χ3n) is 5.11. The van der Waals surface area contributed by atoms with Gasteiger partial charge in [0.05, 0.1) is 16.4 Å². The maximum Gasteiger partial charge on any atom is 0.280 e. The van der Waals surface area contributed by atoms with E-state index in [1.54, 1.807) is 18.3 Å². The van der Waals surface area contributed by atoms with Gasteiger partial charge in [-0.1, -0.05) is 71.5 Å². The Bertz CT molecular complexity index is 1470. The highest BCUT2D eigenvalue weighted by Crippen LogP contribution is 2.31. The van der Waals surface area contributed by atoms with E-state index in [2.05, 4.69) is 10.1 Å². The van der Waals surface area contributed by atoms with E-state index in [1.807, 2.05) is 67.6 Å². The van der Waals surface area contributed by atoms with Gasteiger partial charge in [0.15, 0.2) is 0 Å². The van der Waals surface area contributed by atoms with Crippen molar-refractivity contribution in [2.24, 2.45) is 5.10 Å². The standard InChI is InChI=1S/C26H18FN3OS/c1-17-6-8-18(9-7-17)16-28-30(26-29-23-13-12-22(27)15-24(23)32-26)25(31)21-11-10-19-4-2-3-5-20(19)14-21/h2-16H,1H3/b28-16+. The number of hydrogen-bond donors (Lipinski definition) is 0. The van der Waals surface area contributed by atoms with Crippen LogP contribution in [0.1, 0.15) is 21.5 Å². The van der Waals surface area contributed by atoms with E-state index in [0.717, 1.165) is 21.9 Å². The number of halogens is 1. The van der Waals surface area contributed by atoms with Gasteiger partial charge in [0.2, 0.25) is 5.13 Å². The lowest BCUT2D eigenvalue weighted by atomic mass is 10.1. The summed E-state index contributed by atoms with van der Waals surface area (Å²) in [6, 6.07) is 25.6. The highest BCUT2D eigenvalue weighted by molar-refractivity contribution is 7.22. The summed E-state index contributed by atoms with van der Waals surface area (Å²) >= 11 is 1.22. The molecule has 0 aliphatic heterocycles. The number of carbonyl (C=O) groups is 1. The average Bonchev–Trinajstić information content (AvgIpc) is 3.22. The number of aromatic nitrogens is 1. The SMILES string of the molecule is Cc1ccc(/C=N/N(C(=O)c2ccc3ccccc3c2)c2nc3ccc(F)cc3s2)cc1. The molecule has 4 nitrogen and oxygen atoms in total. The molecule has 0 aliphatic carbocycles. The molecule has 0 N–H and O–H groups in total. The second-order valence-corrected chi connectivity index (χ2v) is 8.45. The number of carbonyl (C=O) groups excluding carboxylic acids is 1. The fraction of sp³-hybridized carbons (Fsp3) is 0.0385. The molecule has 4 aromatic carbocycles. The third-order valence-corrected chi connectivity index (χ3v) is 6.10. The van der Waals surface area contributed by atoms with Gasteiger partial charge >= 0.3 is 0 Å². The first-order valence-corrected chi connectivity index (χ1v) is 10.9. The Balaban J connectivity index is 1.58. The van der Waals surface area contributed by atoms with E-state index in [0.29, 0.717) is 20.9 Å². The molecule has 32 heavy (non-hydrogen) atoms. The zero-order valence-corrected chi connectivity index (χ0v) is 18.0. The Labute approximate surface area is 188 Å². The Hall–Kier alpha value is -3.90. The summed E-state index contributed by atoms with van der Waals surface area (Å²) in [5.41, 5.74) is 3.11. The number of benzene rings is 4. The highest BCUT2D eigenvalue weighted by Gasteiger charge is 2.21. The lowest BCUT2D eigenvalue weighted by molar-refractivity contribution is 0.0988. The van der Waals surface area contributed by atoms with Gasteiger partial charge in [-0.2, -0.15) is 10.1 Å². The summed E-state index contributed by atoms with van der Waals surface area (Å²) in [6.07, 6.45) is 1.63. The molecule has 0 atom stereocenters. The molecule has 0 bridgehead atoms. The van der Waals surface area contributed by atoms with E-state index >= 15 is 0 Å². The van der Waals surface area contributed by atoms with Crippen molar-refractivity contribution in [2.45, 2.75) is 6.92 Å². The number of fused-ring (bicyclic) bond motifs is 2. The fourth-order valence-corrected chi connectivity index (χ4v) is 4.33. The van der Waals surface area contributed by atoms with Crippen LogP contribution in [-0.4, -0.2) is 17.1 Å². The van der Waals surface area contributed by atoms with Crippen molar-refractivity contribution in [2.75, 3.05) is 5.01 Å². The number of hydrogen-bond acceptors (Lipinski definition) is 4. The molecule has 1 amide bonds. The Kier molecular flexibility index (Phi) is 5.21. The summed E-state index contributed by atoms with van der Waals surface area (Å²) in [7, 11) is 0. The van der Waals surface area contributed by atoms with E-state index in [9.17, 15) is 9.18 Å². The Morgan fingerprint density at radius 2 is 1.75 bits per heavy atom. The largest absolute Gasteiger partial charge is 0.280 e. The number of aryl methyl sites for hydroxylation is 1. The van der Waals surface area contributed by atoms with Gasteiger partial charge in [0.25, 0.3) is 5.91 Å². The van der Waals surface area contributed by atoms with Crippen LogP contribution in [0, 0.1) is 12.7 Å². The van der Waals surface area contributed by atoms with Gasteiger partial charge in [0.1, 0.15) is 5.82 Å². The average molecular weight is 440 g/mol. The maximum absolute atomic E-state index is 13.7. The summed E-state index contributed by atoms with van der Waals surface area (Å²) in [6.45, 7) is 2.01. The van der Waals surface area contributed by atoms with Gasteiger partial charge in [-0.25, -0.2) is 9.37 Å². The van der Waals surface area contributed by atoms with Gasteiger partial charge < -0.3 is 0 Å². The molecule has 5 rings (SSSR count). The van der Waals surface area contributed by atoms with E-state index < -0.39 is 0 Å². The molecule has 156 valence electrons. The Morgan fingerprint density at radius 3 is 2.56 bits per heavy atom. The molecule has 0 fully saturated rings. The van der Waals surface area contributed by atoms with Crippen LogP contribution in [0.4, 0.5) is 9.52 Å². The monoisotopic (exact) mass is 439 g/mol. The predicted molar refractivity (Wildman–Crippen MR) is 129 cm³/mol. The molecule has 0 unspecified atom stereocenters. The highest BCUT2D eigenvalue weighted by atomic mass is 32.1. The van der Waals surface area contributed by atoms with Crippen LogP contribution in [0.3, 0.4) is 0 Å². The molecule has 0 aliphatic rings. The van der Waals surface area contributed by atoms with Crippen LogP contribution in [0.15, 0.2) is 90.0 Å². The minimum atomic E-state index is -0.344. The van der Waals surface area contributed by atoms with Crippen LogP contribution in [-0.2, 0) is 0 Å². The number of amides is 1. The number of thiazole rings is 1. The molecule has 1 heterocycles. The molecule has 5 aromatic rings.